The third kappa shape index (κ3) is 5.38. The Bertz CT molecular complexity index is 349. The molecular formula is C13H20F3NO3. The smallest absolute Gasteiger partial charge is 0.471 e. The molecule has 0 spiro atoms. The molecule has 0 saturated heterocycles. The van der Waals surface area contributed by atoms with Crippen molar-refractivity contribution in [3.8, 4) is 0 Å². The van der Waals surface area contributed by atoms with Crippen LogP contribution in [0.5, 0.6) is 0 Å². The predicted octanol–water partition coefficient (Wildman–Crippen LogP) is 3.01. The van der Waals surface area contributed by atoms with Crippen LogP contribution in [0.4, 0.5) is 13.2 Å². The molecule has 0 atom stereocenters. The number of hydrogen-bond acceptors (Lipinski definition) is 2. The minimum Gasteiger partial charge on any atom is -0.481 e. The first kappa shape index (κ1) is 16.8. The molecule has 0 bridgehead atoms. The van der Waals surface area contributed by atoms with Crippen molar-refractivity contribution in [2.75, 3.05) is 0 Å². The molecule has 1 amide bonds. The van der Waals surface area contributed by atoms with Crippen LogP contribution in [0.2, 0.25) is 0 Å². The van der Waals surface area contributed by atoms with E-state index in [1.807, 2.05) is 0 Å². The lowest BCUT2D eigenvalue weighted by Crippen LogP contribution is -2.53. The molecule has 7 heteroatoms. The third-order valence-electron chi connectivity index (χ3n) is 3.74. The number of alkyl halides is 3. The lowest BCUT2D eigenvalue weighted by atomic mass is 9.78. The molecule has 0 aromatic rings. The first-order valence-electron chi connectivity index (χ1n) is 6.86. The van der Waals surface area contributed by atoms with Gasteiger partial charge in [0.25, 0.3) is 0 Å². The van der Waals surface area contributed by atoms with Gasteiger partial charge in [0.1, 0.15) is 0 Å². The molecule has 1 rings (SSSR count). The monoisotopic (exact) mass is 295 g/mol. The van der Waals surface area contributed by atoms with Crippen LogP contribution in [0.25, 0.3) is 0 Å². The topological polar surface area (TPSA) is 66.4 Å². The number of hydrogen-bond donors (Lipinski definition) is 2. The number of nitrogens with one attached hydrogen (secondary N) is 1. The summed E-state index contributed by atoms with van der Waals surface area (Å²) >= 11 is 0. The number of amides is 1. The molecule has 20 heavy (non-hydrogen) atoms. The standard InChI is InChI=1S/C13H20F3NO3/c14-13(15,16)11(20)17-12(7-3-1-4-8-12)9-5-2-6-10(18)19/h1-9H2,(H,17,20)(H,18,19). The molecule has 1 aliphatic rings. The van der Waals surface area contributed by atoms with Gasteiger partial charge in [-0.2, -0.15) is 13.2 Å². The van der Waals surface area contributed by atoms with Gasteiger partial charge < -0.3 is 10.4 Å². The van der Waals surface area contributed by atoms with Gasteiger partial charge in [-0.3, -0.25) is 9.59 Å². The molecule has 0 aromatic carbocycles. The number of carbonyl (C=O) groups excluding carboxylic acids is 1. The van der Waals surface area contributed by atoms with Gasteiger partial charge >= 0.3 is 18.1 Å². The van der Waals surface area contributed by atoms with Crippen molar-refractivity contribution in [2.45, 2.75) is 69.5 Å². The van der Waals surface area contributed by atoms with Crippen LogP contribution in [-0.2, 0) is 9.59 Å². The van der Waals surface area contributed by atoms with Crippen molar-refractivity contribution < 1.29 is 27.9 Å². The highest BCUT2D eigenvalue weighted by Gasteiger charge is 2.44. The molecule has 116 valence electrons. The minimum atomic E-state index is -4.87. The molecule has 2 N–H and O–H groups in total. The molecule has 0 aliphatic heterocycles. The van der Waals surface area contributed by atoms with Crippen LogP contribution in [-0.4, -0.2) is 28.7 Å². The third-order valence-corrected chi connectivity index (χ3v) is 3.74. The van der Waals surface area contributed by atoms with Gasteiger partial charge in [-0.1, -0.05) is 25.7 Å². The zero-order chi connectivity index (χ0) is 15.2. The Hall–Kier alpha value is -1.27. The molecule has 4 nitrogen and oxygen atoms in total. The fraction of sp³-hybridized carbons (Fsp3) is 0.846. The fourth-order valence-corrected chi connectivity index (χ4v) is 2.72. The maximum absolute atomic E-state index is 12.4. The second-order valence-electron chi connectivity index (χ2n) is 5.39. The quantitative estimate of drug-likeness (QED) is 0.740. The summed E-state index contributed by atoms with van der Waals surface area (Å²) < 4.78 is 37.1. The van der Waals surface area contributed by atoms with E-state index in [0.717, 1.165) is 19.3 Å². The average molecular weight is 295 g/mol. The van der Waals surface area contributed by atoms with E-state index >= 15 is 0 Å². The molecule has 0 aromatic heterocycles. The Morgan fingerprint density at radius 1 is 1.10 bits per heavy atom. The maximum Gasteiger partial charge on any atom is 0.471 e. The van der Waals surface area contributed by atoms with Gasteiger partial charge in [-0.25, -0.2) is 0 Å². The Balaban J connectivity index is 2.57. The summed E-state index contributed by atoms with van der Waals surface area (Å²) in [5.74, 6) is -2.81. The van der Waals surface area contributed by atoms with Gasteiger partial charge in [-0.05, 0) is 25.7 Å². The highest BCUT2D eigenvalue weighted by atomic mass is 19.4. The minimum absolute atomic E-state index is 0.00327. The molecule has 1 aliphatic carbocycles. The van der Waals surface area contributed by atoms with Crippen molar-refractivity contribution in [3.63, 3.8) is 0 Å². The van der Waals surface area contributed by atoms with Crippen molar-refractivity contribution in [1.29, 1.82) is 0 Å². The number of carboxylic acids is 1. The highest BCUT2D eigenvalue weighted by molar-refractivity contribution is 5.82. The number of rotatable bonds is 6. The lowest BCUT2D eigenvalue weighted by Gasteiger charge is -2.38. The Morgan fingerprint density at radius 3 is 2.20 bits per heavy atom. The molecule has 0 unspecified atom stereocenters. The first-order chi connectivity index (χ1) is 9.25. The van der Waals surface area contributed by atoms with E-state index in [0.29, 0.717) is 32.1 Å². The molecule has 0 radical (unpaired) electrons. The van der Waals surface area contributed by atoms with E-state index in [4.69, 9.17) is 5.11 Å². The van der Waals surface area contributed by atoms with E-state index < -0.39 is 23.6 Å². The number of carbonyl (C=O) groups is 2. The van der Waals surface area contributed by atoms with Crippen molar-refractivity contribution in [1.82, 2.24) is 5.32 Å². The summed E-state index contributed by atoms with van der Waals surface area (Å²) in [7, 11) is 0. The summed E-state index contributed by atoms with van der Waals surface area (Å²) in [6.45, 7) is 0. The Kier molecular flexibility index (Phi) is 5.83. The van der Waals surface area contributed by atoms with Gasteiger partial charge in [0.05, 0.1) is 0 Å². The van der Waals surface area contributed by atoms with E-state index in [1.165, 1.54) is 0 Å². The normalized spacial score (nSPS) is 18.6. The van der Waals surface area contributed by atoms with Gasteiger partial charge in [0.15, 0.2) is 0 Å². The molecule has 1 fully saturated rings. The number of halogens is 3. The van der Waals surface area contributed by atoms with E-state index in [1.54, 1.807) is 0 Å². The van der Waals surface area contributed by atoms with Crippen molar-refractivity contribution in [2.24, 2.45) is 0 Å². The zero-order valence-electron chi connectivity index (χ0n) is 11.3. The first-order valence-corrected chi connectivity index (χ1v) is 6.86. The van der Waals surface area contributed by atoms with Gasteiger partial charge in [0.2, 0.25) is 0 Å². The number of aliphatic carboxylic acids is 1. The van der Waals surface area contributed by atoms with E-state index in [-0.39, 0.29) is 6.42 Å². The highest BCUT2D eigenvalue weighted by Crippen LogP contribution is 2.33. The molecule has 0 heterocycles. The zero-order valence-corrected chi connectivity index (χ0v) is 11.3. The Morgan fingerprint density at radius 2 is 1.70 bits per heavy atom. The van der Waals surface area contributed by atoms with Gasteiger partial charge in [0, 0.05) is 12.0 Å². The van der Waals surface area contributed by atoms with Gasteiger partial charge in [-0.15, -0.1) is 0 Å². The Labute approximate surface area is 115 Å². The largest absolute Gasteiger partial charge is 0.481 e. The summed E-state index contributed by atoms with van der Waals surface area (Å²) in [6.07, 6.45) is 0.0526. The summed E-state index contributed by atoms with van der Waals surface area (Å²) in [6, 6.07) is 0. The number of carboxylic acid groups (broad SMARTS) is 1. The SMILES string of the molecule is O=C(O)CCCCC1(NC(=O)C(F)(F)F)CCCCC1. The van der Waals surface area contributed by atoms with E-state index in [2.05, 4.69) is 5.32 Å². The van der Waals surface area contributed by atoms with Crippen LogP contribution in [0, 0.1) is 0 Å². The summed E-state index contributed by atoms with van der Waals surface area (Å²) in [5, 5.41) is 10.7. The second kappa shape index (κ2) is 6.95. The van der Waals surface area contributed by atoms with Crippen LogP contribution >= 0.6 is 0 Å². The summed E-state index contributed by atoms with van der Waals surface area (Å²) in [4.78, 5) is 21.6. The van der Waals surface area contributed by atoms with Crippen LogP contribution in [0.1, 0.15) is 57.8 Å². The fourth-order valence-electron chi connectivity index (χ4n) is 2.72. The lowest BCUT2D eigenvalue weighted by molar-refractivity contribution is -0.176. The molecular weight excluding hydrogens is 275 g/mol. The predicted molar refractivity (Wildman–Crippen MR) is 66.1 cm³/mol. The summed E-state index contributed by atoms with van der Waals surface area (Å²) in [5.41, 5.74) is -0.816. The molecule has 1 saturated carbocycles. The van der Waals surface area contributed by atoms with Crippen LogP contribution in [0.3, 0.4) is 0 Å². The maximum atomic E-state index is 12.4. The average Bonchev–Trinajstić information content (AvgIpc) is 2.34. The van der Waals surface area contributed by atoms with Crippen molar-refractivity contribution in [3.05, 3.63) is 0 Å². The van der Waals surface area contributed by atoms with Crippen LogP contribution in [0.15, 0.2) is 0 Å². The van der Waals surface area contributed by atoms with Crippen molar-refractivity contribution >= 4 is 11.9 Å². The van der Waals surface area contributed by atoms with Crippen LogP contribution < -0.4 is 5.32 Å². The van der Waals surface area contributed by atoms with E-state index in [9.17, 15) is 22.8 Å². The second-order valence-corrected chi connectivity index (χ2v) is 5.39. The number of unbranched alkanes of at least 4 members (excludes halogenated alkanes) is 1.